The fraction of sp³-hybridized carbons (Fsp3) is 0.167. The van der Waals surface area contributed by atoms with Crippen LogP contribution in [0.4, 0.5) is 0 Å². The van der Waals surface area contributed by atoms with Crippen molar-refractivity contribution < 1.29 is 4.79 Å². The molecule has 1 aromatic carbocycles. The number of carbonyl (C=O) groups excluding carboxylic acids is 1. The molecule has 4 N–H and O–H groups in total. The minimum absolute atomic E-state index is 0.0406. The van der Waals surface area contributed by atoms with Crippen molar-refractivity contribution in [3.63, 3.8) is 0 Å². The monoisotopic (exact) mass is 230 g/mol. The first kappa shape index (κ1) is 11.3. The molecule has 0 saturated carbocycles. The highest BCUT2D eigenvalue weighted by molar-refractivity contribution is 5.92. The van der Waals surface area contributed by atoms with Gasteiger partial charge in [0.05, 0.1) is 17.4 Å². The third-order valence-corrected chi connectivity index (χ3v) is 2.53. The van der Waals surface area contributed by atoms with E-state index in [1.807, 2.05) is 31.2 Å². The molecule has 0 aliphatic heterocycles. The average Bonchev–Trinajstić information content (AvgIpc) is 2.78. The van der Waals surface area contributed by atoms with Crippen LogP contribution >= 0.6 is 0 Å². The van der Waals surface area contributed by atoms with Crippen LogP contribution in [-0.2, 0) is 0 Å². The van der Waals surface area contributed by atoms with Gasteiger partial charge < -0.3 is 11.5 Å². The molecule has 17 heavy (non-hydrogen) atoms. The summed E-state index contributed by atoms with van der Waals surface area (Å²) in [6, 6.07) is 7.64. The molecule has 2 aromatic rings. The van der Waals surface area contributed by atoms with Crippen LogP contribution in [0.15, 0.2) is 36.7 Å². The molecule has 0 fully saturated rings. The summed E-state index contributed by atoms with van der Waals surface area (Å²) in [5, 5.41) is 4.08. The minimum Gasteiger partial charge on any atom is -0.366 e. The van der Waals surface area contributed by atoms with Crippen LogP contribution in [0.25, 0.3) is 5.69 Å². The van der Waals surface area contributed by atoms with Gasteiger partial charge in [-0.15, -0.1) is 0 Å². The van der Waals surface area contributed by atoms with Crippen molar-refractivity contribution >= 4 is 5.91 Å². The Morgan fingerprint density at radius 1 is 1.47 bits per heavy atom. The van der Waals surface area contributed by atoms with Crippen molar-refractivity contribution in [2.75, 3.05) is 0 Å². The first-order chi connectivity index (χ1) is 8.08. The molecule has 0 radical (unpaired) electrons. The van der Waals surface area contributed by atoms with Gasteiger partial charge in [-0.05, 0) is 24.6 Å². The number of hydrogen-bond donors (Lipinski definition) is 2. The van der Waals surface area contributed by atoms with Gasteiger partial charge in [-0.3, -0.25) is 4.79 Å². The Morgan fingerprint density at radius 3 is 2.82 bits per heavy atom. The number of carbonyl (C=O) groups is 1. The van der Waals surface area contributed by atoms with Crippen LogP contribution in [0.5, 0.6) is 0 Å². The molecule has 1 aromatic heterocycles. The number of hydrogen-bond acceptors (Lipinski definition) is 3. The maximum Gasteiger partial charge on any atom is 0.251 e. The molecule has 0 bridgehead atoms. The lowest BCUT2D eigenvalue weighted by Crippen LogP contribution is -2.09. The number of nitrogens with zero attached hydrogens (tertiary/aromatic N) is 2. The predicted molar refractivity (Wildman–Crippen MR) is 64.7 cm³/mol. The Hall–Kier alpha value is -2.14. The van der Waals surface area contributed by atoms with Crippen LogP contribution in [0.2, 0.25) is 0 Å². The summed E-state index contributed by atoms with van der Waals surface area (Å²) in [6.45, 7) is 1.91. The van der Waals surface area contributed by atoms with E-state index in [9.17, 15) is 4.79 Å². The Bertz CT molecular complexity index is 545. The second-order valence-electron chi connectivity index (χ2n) is 3.92. The van der Waals surface area contributed by atoms with E-state index in [2.05, 4.69) is 5.10 Å². The highest BCUT2D eigenvalue weighted by Gasteiger charge is 2.06. The summed E-state index contributed by atoms with van der Waals surface area (Å²) < 4.78 is 1.60. The second-order valence-corrected chi connectivity index (χ2v) is 3.92. The topological polar surface area (TPSA) is 86.9 Å². The highest BCUT2D eigenvalue weighted by atomic mass is 16.1. The van der Waals surface area contributed by atoms with E-state index in [1.54, 1.807) is 10.9 Å². The van der Waals surface area contributed by atoms with Gasteiger partial charge in [0, 0.05) is 12.2 Å². The maximum atomic E-state index is 11.0. The lowest BCUT2D eigenvalue weighted by Gasteiger charge is -2.07. The molecule has 0 saturated heterocycles. The van der Waals surface area contributed by atoms with E-state index in [0.717, 1.165) is 11.3 Å². The standard InChI is InChI=1S/C12H14N4O/c1-8(13)9-3-2-4-11(5-9)16-7-10(6-15-16)12(14)17/h2-8H,13H2,1H3,(H2,14,17). The van der Waals surface area contributed by atoms with Gasteiger partial charge >= 0.3 is 0 Å². The van der Waals surface area contributed by atoms with Crippen molar-refractivity contribution in [1.82, 2.24) is 9.78 Å². The number of benzene rings is 1. The van der Waals surface area contributed by atoms with E-state index < -0.39 is 5.91 Å². The maximum absolute atomic E-state index is 11.0. The molecule has 1 atom stereocenters. The first-order valence-corrected chi connectivity index (χ1v) is 5.28. The minimum atomic E-state index is -0.486. The molecule has 1 amide bonds. The molecule has 5 heteroatoms. The third kappa shape index (κ3) is 2.34. The Morgan fingerprint density at radius 2 is 2.24 bits per heavy atom. The number of rotatable bonds is 3. The molecular weight excluding hydrogens is 216 g/mol. The lowest BCUT2D eigenvalue weighted by atomic mass is 10.1. The van der Waals surface area contributed by atoms with E-state index in [0.29, 0.717) is 5.56 Å². The van der Waals surface area contributed by atoms with Crippen LogP contribution in [0, 0.1) is 0 Å². The van der Waals surface area contributed by atoms with Gasteiger partial charge in [-0.1, -0.05) is 12.1 Å². The predicted octanol–water partition coefficient (Wildman–Crippen LogP) is 0.991. The first-order valence-electron chi connectivity index (χ1n) is 5.28. The summed E-state index contributed by atoms with van der Waals surface area (Å²) in [7, 11) is 0. The molecule has 1 unspecified atom stereocenters. The zero-order valence-corrected chi connectivity index (χ0v) is 9.50. The molecule has 0 spiro atoms. The van der Waals surface area contributed by atoms with Gasteiger partial charge in [0.1, 0.15) is 0 Å². The number of amides is 1. The second kappa shape index (κ2) is 4.39. The largest absolute Gasteiger partial charge is 0.366 e. The summed E-state index contributed by atoms with van der Waals surface area (Å²) in [6.07, 6.45) is 3.05. The fourth-order valence-electron chi connectivity index (χ4n) is 1.54. The molecule has 5 nitrogen and oxygen atoms in total. The summed E-state index contributed by atoms with van der Waals surface area (Å²) in [5.74, 6) is -0.486. The SMILES string of the molecule is CC(N)c1cccc(-n2cc(C(N)=O)cn2)c1. The Kier molecular flexibility index (Phi) is 2.93. The van der Waals surface area contributed by atoms with Crippen molar-refractivity contribution in [2.24, 2.45) is 11.5 Å². The quantitative estimate of drug-likeness (QED) is 0.824. The molecule has 0 aliphatic rings. The van der Waals surface area contributed by atoms with Crippen LogP contribution in [0.1, 0.15) is 28.9 Å². The van der Waals surface area contributed by atoms with Crippen LogP contribution in [-0.4, -0.2) is 15.7 Å². The van der Waals surface area contributed by atoms with E-state index in [4.69, 9.17) is 11.5 Å². The normalized spacial score (nSPS) is 12.4. The lowest BCUT2D eigenvalue weighted by molar-refractivity contribution is 0.100. The molecule has 0 aliphatic carbocycles. The smallest absolute Gasteiger partial charge is 0.251 e. The summed E-state index contributed by atoms with van der Waals surface area (Å²) in [4.78, 5) is 11.0. The van der Waals surface area contributed by atoms with Gasteiger partial charge in [-0.25, -0.2) is 4.68 Å². The van der Waals surface area contributed by atoms with Crippen LogP contribution < -0.4 is 11.5 Å². The van der Waals surface area contributed by atoms with Gasteiger partial charge in [0.15, 0.2) is 0 Å². The van der Waals surface area contributed by atoms with Crippen molar-refractivity contribution in [3.05, 3.63) is 47.8 Å². The summed E-state index contributed by atoms with van der Waals surface area (Å²) in [5.41, 5.74) is 13.2. The van der Waals surface area contributed by atoms with Crippen molar-refractivity contribution in [1.29, 1.82) is 0 Å². The molecule has 2 rings (SSSR count). The molecular formula is C12H14N4O. The number of aromatic nitrogens is 2. The zero-order valence-electron chi connectivity index (χ0n) is 9.50. The fourth-order valence-corrected chi connectivity index (χ4v) is 1.54. The third-order valence-electron chi connectivity index (χ3n) is 2.53. The average molecular weight is 230 g/mol. The van der Waals surface area contributed by atoms with Gasteiger partial charge in [0.2, 0.25) is 0 Å². The van der Waals surface area contributed by atoms with Crippen LogP contribution in [0.3, 0.4) is 0 Å². The van der Waals surface area contributed by atoms with Gasteiger partial charge in [-0.2, -0.15) is 5.10 Å². The number of nitrogens with two attached hydrogens (primary N) is 2. The van der Waals surface area contributed by atoms with E-state index in [-0.39, 0.29) is 6.04 Å². The Balaban J connectivity index is 2.38. The zero-order chi connectivity index (χ0) is 12.4. The number of primary amides is 1. The molecule has 1 heterocycles. The Labute approximate surface area is 99.0 Å². The van der Waals surface area contributed by atoms with Gasteiger partial charge in [0.25, 0.3) is 5.91 Å². The van der Waals surface area contributed by atoms with Crippen molar-refractivity contribution in [2.45, 2.75) is 13.0 Å². The van der Waals surface area contributed by atoms with E-state index in [1.165, 1.54) is 6.20 Å². The van der Waals surface area contributed by atoms with Crippen molar-refractivity contribution in [3.8, 4) is 5.69 Å². The summed E-state index contributed by atoms with van der Waals surface area (Å²) >= 11 is 0. The van der Waals surface area contributed by atoms with E-state index >= 15 is 0 Å². The highest BCUT2D eigenvalue weighted by Crippen LogP contribution is 2.15. The molecule has 88 valence electrons.